The quantitative estimate of drug-likeness (QED) is 0.755. The lowest BCUT2D eigenvalue weighted by Gasteiger charge is -2.41. The Labute approximate surface area is 104 Å². The Morgan fingerprint density at radius 1 is 1.38 bits per heavy atom. The normalized spacial score (nSPS) is 27.1. The number of rotatable bonds is 0. The van der Waals surface area contributed by atoms with Gasteiger partial charge in [-0.15, -0.1) is 0 Å². The zero-order chi connectivity index (χ0) is 12.1. The van der Waals surface area contributed by atoms with E-state index < -0.39 is 17.7 Å². The van der Waals surface area contributed by atoms with Gasteiger partial charge in [-0.2, -0.15) is 0 Å². The molecule has 3 nitrogen and oxygen atoms in total. The van der Waals surface area contributed by atoms with E-state index in [-0.39, 0.29) is 0 Å². The molecule has 5 heteroatoms. The Bertz CT molecular complexity index is 434. The third kappa shape index (κ3) is 1.78. The molecule has 0 aliphatic carbocycles. The van der Waals surface area contributed by atoms with Gasteiger partial charge in [-0.25, -0.2) is 0 Å². The number of hydrogen-bond donors (Lipinski definition) is 2. The highest BCUT2D eigenvalue weighted by atomic mass is 35.5. The number of aliphatic hydroxyl groups is 1. The highest BCUT2D eigenvalue weighted by Crippen LogP contribution is 2.44. The third-order valence-electron chi connectivity index (χ3n) is 2.86. The molecule has 0 saturated heterocycles. The second-order valence-electron chi connectivity index (χ2n) is 4.48. The van der Waals surface area contributed by atoms with Crippen LogP contribution in [-0.4, -0.2) is 16.7 Å². The van der Waals surface area contributed by atoms with Crippen LogP contribution in [0, 0.1) is 0 Å². The molecule has 0 bridgehead atoms. The van der Waals surface area contributed by atoms with E-state index in [9.17, 15) is 5.11 Å². The zero-order valence-electron chi connectivity index (χ0n) is 9.00. The highest BCUT2D eigenvalue weighted by Gasteiger charge is 2.41. The first kappa shape index (κ1) is 12.0. The Balaban J connectivity index is 2.59. The lowest BCUT2D eigenvalue weighted by molar-refractivity contribution is -0.0116. The summed E-state index contributed by atoms with van der Waals surface area (Å²) in [4.78, 5) is 0. The molecule has 1 aromatic rings. The fourth-order valence-corrected chi connectivity index (χ4v) is 2.36. The van der Waals surface area contributed by atoms with Gasteiger partial charge in [-0.1, -0.05) is 23.2 Å². The molecule has 0 fully saturated rings. The van der Waals surface area contributed by atoms with Crippen LogP contribution in [0.2, 0.25) is 10.0 Å². The summed E-state index contributed by atoms with van der Waals surface area (Å²) >= 11 is 11.9. The van der Waals surface area contributed by atoms with E-state index in [1.165, 1.54) is 0 Å². The van der Waals surface area contributed by atoms with E-state index >= 15 is 0 Å². The molecule has 2 unspecified atom stereocenters. The Morgan fingerprint density at radius 2 is 2.00 bits per heavy atom. The van der Waals surface area contributed by atoms with E-state index in [2.05, 4.69) is 0 Å². The van der Waals surface area contributed by atoms with Crippen LogP contribution in [0.4, 0.5) is 0 Å². The highest BCUT2D eigenvalue weighted by molar-refractivity contribution is 6.35. The summed E-state index contributed by atoms with van der Waals surface area (Å²) < 4.78 is 5.71. The van der Waals surface area contributed by atoms with Crippen LogP contribution in [0.15, 0.2) is 12.1 Å². The summed E-state index contributed by atoms with van der Waals surface area (Å²) in [6.07, 6.45) is -0.824. The third-order valence-corrected chi connectivity index (χ3v) is 3.36. The minimum Gasteiger partial charge on any atom is -0.484 e. The van der Waals surface area contributed by atoms with Crippen molar-refractivity contribution in [1.29, 1.82) is 0 Å². The van der Waals surface area contributed by atoms with Gasteiger partial charge in [0.1, 0.15) is 17.5 Å². The fraction of sp³-hybridized carbons (Fsp3) is 0.455. The molecule has 88 valence electrons. The van der Waals surface area contributed by atoms with Gasteiger partial charge in [0.15, 0.2) is 0 Å². The van der Waals surface area contributed by atoms with Crippen molar-refractivity contribution in [3.05, 3.63) is 27.7 Å². The number of ether oxygens (including phenoxy) is 1. The minimum atomic E-state index is -0.824. The van der Waals surface area contributed by atoms with Crippen LogP contribution in [0.1, 0.15) is 25.5 Å². The van der Waals surface area contributed by atoms with Gasteiger partial charge in [-0.05, 0) is 26.0 Å². The van der Waals surface area contributed by atoms with Gasteiger partial charge < -0.3 is 15.6 Å². The summed E-state index contributed by atoms with van der Waals surface area (Å²) in [5, 5.41) is 10.9. The average molecular weight is 262 g/mol. The topological polar surface area (TPSA) is 55.5 Å². The van der Waals surface area contributed by atoms with E-state index in [0.717, 1.165) is 0 Å². The van der Waals surface area contributed by atoms with Crippen molar-refractivity contribution in [2.24, 2.45) is 5.73 Å². The van der Waals surface area contributed by atoms with Crippen molar-refractivity contribution < 1.29 is 9.84 Å². The van der Waals surface area contributed by atoms with Crippen molar-refractivity contribution in [1.82, 2.24) is 0 Å². The summed E-state index contributed by atoms with van der Waals surface area (Å²) in [6, 6.07) is 2.69. The number of hydrogen-bond acceptors (Lipinski definition) is 3. The second-order valence-corrected chi connectivity index (χ2v) is 5.33. The molecule has 0 amide bonds. The van der Waals surface area contributed by atoms with E-state index in [1.54, 1.807) is 12.1 Å². The standard InChI is InChI=1S/C11H13Cl2NO2/c1-11(2)10(14)8(15)6-3-5(12)4-7(13)9(6)16-11/h3-4,8,10,15H,14H2,1-2H3. The molecule has 3 N–H and O–H groups in total. The molecule has 0 radical (unpaired) electrons. The zero-order valence-corrected chi connectivity index (χ0v) is 10.5. The van der Waals surface area contributed by atoms with Crippen molar-refractivity contribution in [2.45, 2.75) is 31.6 Å². The van der Waals surface area contributed by atoms with Crippen LogP contribution < -0.4 is 10.5 Å². The molecule has 1 aliphatic rings. The number of aliphatic hydroxyl groups excluding tert-OH is 1. The molecule has 16 heavy (non-hydrogen) atoms. The Morgan fingerprint density at radius 3 is 2.62 bits per heavy atom. The second kappa shape index (κ2) is 3.77. The molecular formula is C11H13Cl2NO2. The number of fused-ring (bicyclic) bond motifs is 1. The van der Waals surface area contributed by atoms with E-state index in [0.29, 0.717) is 21.4 Å². The Kier molecular flexibility index (Phi) is 2.83. The maximum Gasteiger partial charge on any atom is 0.144 e. The van der Waals surface area contributed by atoms with Crippen LogP contribution in [0.25, 0.3) is 0 Å². The average Bonchev–Trinajstić information content (AvgIpc) is 2.17. The first-order valence-corrected chi connectivity index (χ1v) is 5.70. The smallest absolute Gasteiger partial charge is 0.144 e. The van der Waals surface area contributed by atoms with Gasteiger partial charge >= 0.3 is 0 Å². The van der Waals surface area contributed by atoms with Crippen molar-refractivity contribution in [3.8, 4) is 5.75 Å². The van der Waals surface area contributed by atoms with Gasteiger partial charge in [0.05, 0.1) is 11.1 Å². The maximum absolute atomic E-state index is 10.1. The molecule has 1 aromatic carbocycles. The summed E-state index contributed by atoms with van der Waals surface area (Å²) in [6.45, 7) is 3.63. The lowest BCUT2D eigenvalue weighted by atomic mass is 9.87. The van der Waals surface area contributed by atoms with Gasteiger partial charge in [-0.3, -0.25) is 0 Å². The summed E-state index contributed by atoms with van der Waals surface area (Å²) in [5.74, 6) is 0.463. The van der Waals surface area contributed by atoms with Crippen molar-refractivity contribution >= 4 is 23.2 Å². The predicted molar refractivity (Wildman–Crippen MR) is 64.1 cm³/mol. The monoisotopic (exact) mass is 261 g/mol. The number of nitrogens with two attached hydrogens (primary N) is 1. The lowest BCUT2D eigenvalue weighted by Crippen LogP contribution is -2.54. The largest absolute Gasteiger partial charge is 0.484 e. The fourth-order valence-electron chi connectivity index (χ4n) is 1.81. The minimum absolute atomic E-state index is 0.390. The number of halogens is 2. The van der Waals surface area contributed by atoms with Crippen LogP contribution in [0.3, 0.4) is 0 Å². The Hall–Kier alpha value is -0.480. The summed E-state index contributed by atoms with van der Waals surface area (Å²) in [5.41, 5.74) is 5.79. The van der Waals surface area contributed by atoms with E-state index in [4.69, 9.17) is 33.7 Å². The number of benzene rings is 1. The van der Waals surface area contributed by atoms with Crippen molar-refractivity contribution in [2.75, 3.05) is 0 Å². The molecule has 0 aromatic heterocycles. The first-order valence-electron chi connectivity index (χ1n) is 4.94. The molecule has 1 aliphatic heterocycles. The maximum atomic E-state index is 10.1. The molecule has 2 rings (SSSR count). The predicted octanol–water partition coefficient (Wildman–Crippen LogP) is 2.53. The van der Waals surface area contributed by atoms with Gasteiger partial charge in [0, 0.05) is 10.6 Å². The van der Waals surface area contributed by atoms with Crippen LogP contribution in [-0.2, 0) is 0 Å². The van der Waals surface area contributed by atoms with E-state index in [1.807, 2.05) is 13.8 Å². The molecule has 2 atom stereocenters. The SMILES string of the molecule is CC1(C)Oc2c(Cl)cc(Cl)cc2C(O)C1N. The van der Waals surface area contributed by atoms with Crippen LogP contribution in [0.5, 0.6) is 5.75 Å². The van der Waals surface area contributed by atoms with Gasteiger partial charge in [0.2, 0.25) is 0 Å². The van der Waals surface area contributed by atoms with Gasteiger partial charge in [0.25, 0.3) is 0 Å². The van der Waals surface area contributed by atoms with Crippen LogP contribution >= 0.6 is 23.2 Å². The van der Waals surface area contributed by atoms with Crippen molar-refractivity contribution in [3.63, 3.8) is 0 Å². The first-order chi connectivity index (χ1) is 7.33. The molecule has 1 heterocycles. The summed E-state index contributed by atoms with van der Waals surface area (Å²) in [7, 11) is 0. The molecular weight excluding hydrogens is 249 g/mol. The molecule has 0 saturated carbocycles. The molecule has 0 spiro atoms.